The van der Waals surface area contributed by atoms with Crippen LogP contribution in [0.25, 0.3) is 140 Å². The topological polar surface area (TPSA) is 91.5 Å². The fourth-order valence-electron chi connectivity index (χ4n) is 13.0. The number of benzene rings is 12. The summed E-state index contributed by atoms with van der Waals surface area (Å²) in [5.74, 6) is 5.11. The number of fused-ring (bicyclic) bond motifs is 7. The summed E-state index contributed by atoms with van der Waals surface area (Å²) in [6.07, 6.45) is 0. The molecule has 17 rings (SSSR count). The second-order valence-corrected chi connectivity index (χ2v) is 22.1. The smallest absolute Gasteiger partial charge is 0.256 e. The van der Waals surface area contributed by atoms with E-state index in [4.69, 9.17) is 34.6 Å². The molecule has 0 fully saturated rings. The van der Waals surface area contributed by atoms with E-state index in [1.165, 1.54) is 0 Å². The van der Waals surface area contributed by atoms with Crippen LogP contribution in [0.4, 0.5) is 0 Å². The van der Waals surface area contributed by atoms with E-state index in [2.05, 4.69) is 199 Å². The molecule has 0 saturated carbocycles. The highest BCUT2D eigenvalue weighted by atomic mass is 16.5. The zero-order valence-corrected chi connectivity index (χ0v) is 46.8. The van der Waals surface area contributed by atoms with Crippen molar-refractivity contribution in [1.29, 1.82) is 0 Å². The summed E-state index contributed by atoms with van der Waals surface area (Å²) in [6.45, 7) is -0.320. The van der Waals surface area contributed by atoms with E-state index < -0.39 is 0 Å². The minimum Gasteiger partial charge on any atom is -0.458 e. The van der Waals surface area contributed by atoms with E-state index in [0.717, 1.165) is 133 Å². The van der Waals surface area contributed by atoms with Crippen LogP contribution in [0.15, 0.2) is 291 Å². The summed E-state index contributed by atoms with van der Waals surface area (Å²) in [5.41, 5.74) is 20.5. The first-order valence-electron chi connectivity index (χ1n) is 29.3. The molecule has 0 unspecified atom stereocenters. The number of rotatable bonds is 10. The van der Waals surface area contributed by atoms with E-state index in [1.807, 2.05) is 97.1 Å². The van der Waals surface area contributed by atoms with Crippen molar-refractivity contribution in [3.63, 3.8) is 0 Å². The number of aromatic nitrogens is 7. The van der Waals surface area contributed by atoms with Gasteiger partial charge in [-0.1, -0.05) is 249 Å². The molecule has 15 aromatic rings. The summed E-state index contributed by atoms with van der Waals surface area (Å²) in [7, 11) is 0. The SMILES string of the molecule is c1ccc(-c2nc(-c3ccccc3)nc(-c3ccc4c(c3)c3cc(-c5nc(-c6ccccc6)nc(-c6ccccc6)n5)cc5c3n4-c3cccc4c3B5c3cc(-c5ccccc5-c5ccccc5)cc(-c5ccccc5-c5ccccc5)c3O4)n2)cc1. The molecule has 0 N–H and O–H groups in total. The standard InChI is InChI=1S/C78H48BN7O/c1-7-24-49(25-8-1)58-36-19-20-38-60(58)56-45-64(61-39-22-21-37-59(61)50-26-9-2-10-27-50)72-66(47-56)79-65-48-57(78-84-75(53-32-15-5-16-33-53)81-76(85-78)54-34-17-6-18-35-54)46-63-62-44-55(42-43-67(62)86(71(63)65)68-40-23-41-69(87-72)70(68)79)77-82-73(51-28-11-3-12-29-51)80-74(83-77)52-30-13-4-14-31-52/h1-48H. The molecule has 12 aromatic carbocycles. The predicted molar refractivity (Wildman–Crippen MR) is 353 cm³/mol. The van der Waals surface area contributed by atoms with Crippen LogP contribution in [0.5, 0.6) is 11.5 Å². The van der Waals surface area contributed by atoms with Crippen molar-refractivity contribution < 1.29 is 4.74 Å². The van der Waals surface area contributed by atoms with Crippen LogP contribution >= 0.6 is 0 Å². The normalized spacial score (nSPS) is 12.0. The molecule has 87 heavy (non-hydrogen) atoms. The Morgan fingerprint density at radius 2 is 0.678 bits per heavy atom. The summed E-state index contributed by atoms with van der Waals surface area (Å²) >= 11 is 0. The summed E-state index contributed by atoms with van der Waals surface area (Å²) < 4.78 is 9.99. The van der Waals surface area contributed by atoms with Crippen molar-refractivity contribution in [2.24, 2.45) is 0 Å². The first-order chi connectivity index (χ1) is 43.1. The van der Waals surface area contributed by atoms with E-state index in [-0.39, 0.29) is 6.71 Å². The van der Waals surface area contributed by atoms with Gasteiger partial charge in [-0.3, -0.25) is 0 Å². The van der Waals surface area contributed by atoms with E-state index >= 15 is 0 Å². The van der Waals surface area contributed by atoms with E-state index in [1.54, 1.807) is 0 Å². The molecule has 2 aliphatic heterocycles. The molecule has 8 nitrogen and oxygen atoms in total. The summed E-state index contributed by atoms with van der Waals surface area (Å²) in [4.78, 5) is 31.5. The first-order valence-corrected chi connectivity index (χ1v) is 29.3. The Kier molecular flexibility index (Phi) is 11.8. The minimum atomic E-state index is -0.320. The summed E-state index contributed by atoms with van der Waals surface area (Å²) in [6, 6.07) is 102. The van der Waals surface area contributed by atoms with Crippen LogP contribution in [0.2, 0.25) is 0 Å². The number of hydrogen-bond donors (Lipinski definition) is 0. The molecule has 0 bridgehead atoms. The quantitative estimate of drug-likeness (QED) is 0.126. The Balaban J connectivity index is 0.971. The molecule has 2 aliphatic rings. The lowest BCUT2D eigenvalue weighted by atomic mass is 9.34. The molecule has 3 aromatic heterocycles. The van der Waals surface area contributed by atoms with Gasteiger partial charge < -0.3 is 9.30 Å². The minimum absolute atomic E-state index is 0.320. The lowest BCUT2D eigenvalue weighted by Crippen LogP contribution is -2.58. The summed E-state index contributed by atoms with van der Waals surface area (Å²) in [5, 5.41) is 2.06. The van der Waals surface area contributed by atoms with Crippen molar-refractivity contribution in [2.45, 2.75) is 0 Å². The average molecular weight is 1110 g/mol. The molecular formula is C78H48BN7O. The van der Waals surface area contributed by atoms with Gasteiger partial charge in [0.05, 0.1) is 5.52 Å². The largest absolute Gasteiger partial charge is 0.458 e. The molecule has 9 heteroatoms. The van der Waals surface area contributed by atoms with Gasteiger partial charge in [0.25, 0.3) is 6.71 Å². The van der Waals surface area contributed by atoms with Crippen LogP contribution in [0, 0.1) is 0 Å². The molecule has 0 spiro atoms. The van der Waals surface area contributed by atoms with Crippen molar-refractivity contribution >= 4 is 44.9 Å². The van der Waals surface area contributed by atoms with Gasteiger partial charge in [0.2, 0.25) is 0 Å². The van der Waals surface area contributed by atoms with Crippen LogP contribution in [-0.2, 0) is 0 Å². The molecule has 0 aliphatic carbocycles. The van der Waals surface area contributed by atoms with Crippen molar-refractivity contribution in [3.8, 4) is 130 Å². The Hall–Kier alpha value is -11.7. The average Bonchev–Trinajstić information content (AvgIpc) is 1.88. The van der Waals surface area contributed by atoms with Crippen LogP contribution in [-0.4, -0.2) is 41.2 Å². The van der Waals surface area contributed by atoms with Gasteiger partial charge in [-0.25, -0.2) is 29.9 Å². The third-order valence-corrected chi connectivity index (χ3v) is 17.0. The third kappa shape index (κ3) is 8.54. The first kappa shape index (κ1) is 49.9. The second kappa shape index (κ2) is 20.6. The lowest BCUT2D eigenvalue weighted by molar-refractivity contribution is 0.489. The highest BCUT2D eigenvalue weighted by Gasteiger charge is 2.42. The zero-order chi connectivity index (χ0) is 57.4. The number of nitrogens with zero attached hydrogens (tertiary/aromatic N) is 7. The third-order valence-electron chi connectivity index (χ3n) is 17.0. The van der Waals surface area contributed by atoms with Gasteiger partial charge in [-0.15, -0.1) is 0 Å². The van der Waals surface area contributed by atoms with Gasteiger partial charge >= 0.3 is 0 Å². The molecule has 0 saturated heterocycles. The molecule has 5 heterocycles. The van der Waals surface area contributed by atoms with Crippen molar-refractivity contribution in [3.05, 3.63) is 291 Å². The van der Waals surface area contributed by atoms with Crippen LogP contribution in [0.3, 0.4) is 0 Å². The van der Waals surface area contributed by atoms with Crippen molar-refractivity contribution in [2.75, 3.05) is 0 Å². The fraction of sp³-hybridized carbons (Fsp3) is 0. The monoisotopic (exact) mass is 1110 g/mol. The maximum Gasteiger partial charge on any atom is 0.256 e. The zero-order valence-electron chi connectivity index (χ0n) is 46.8. The second-order valence-electron chi connectivity index (χ2n) is 22.1. The van der Waals surface area contributed by atoms with E-state index in [9.17, 15) is 0 Å². The Bertz CT molecular complexity index is 5060. The fourth-order valence-corrected chi connectivity index (χ4v) is 13.0. The predicted octanol–water partition coefficient (Wildman–Crippen LogP) is 16.8. The highest BCUT2D eigenvalue weighted by Crippen LogP contribution is 2.46. The van der Waals surface area contributed by atoms with Gasteiger partial charge in [-0.05, 0) is 97.8 Å². The van der Waals surface area contributed by atoms with Crippen LogP contribution in [0.1, 0.15) is 0 Å². The van der Waals surface area contributed by atoms with Crippen molar-refractivity contribution in [1.82, 2.24) is 34.5 Å². The lowest BCUT2D eigenvalue weighted by Gasteiger charge is -2.35. The van der Waals surface area contributed by atoms with Gasteiger partial charge in [0, 0.05) is 60.9 Å². The number of ether oxygens (including phenoxy) is 1. The molecular weight excluding hydrogens is 1060 g/mol. The number of hydrogen-bond acceptors (Lipinski definition) is 7. The maximum absolute atomic E-state index is 7.55. The van der Waals surface area contributed by atoms with E-state index in [0.29, 0.717) is 34.9 Å². The molecule has 0 radical (unpaired) electrons. The van der Waals surface area contributed by atoms with Crippen LogP contribution < -0.4 is 21.1 Å². The maximum atomic E-state index is 7.55. The highest BCUT2D eigenvalue weighted by molar-refractivity contribution is 6.99. The molecule has 0 amide bonds. The Labute approximate surface area is 502 Å². The Morgan fingerprint density at radius 3 is 1.18 bits per heavy atom. The van der Waals surface area contributed by atoms with Gasteiger partial charge in [0.15, 0.2) is 34.9 Å². The van der Waals surface area contributed by atoms with Gasteiger partial charge in [-0.2, -0.15) is 0 Å². The van der Waals surface area contributed by atoms with Gasteiger partial charge in [0.1, 0.15) is 11.5 Å². The molecule has 404 valence electrons. The Morgan fingerprint density at radius 1 is 0.276 bits per heavy atom. The molecule has 0 atom stereocenters.